The zero-order valence-electron chi connectivity index (χ0n) is 11.6. The van der Waals surface area contributed by atoms with Crippen LogP contribution in [0.4, 0.5) is 0 Å². The molecule has 0 unspecified atom stereocenters. The number of aryl methyl sites for hydroxylation is 1. The Kier molecular flexibility index (Phi) is 3.93. The summed E-state index contributed by atoms with van der Waals surface area (Å²) >= 11 is 0. The molecule has 0 fully saturated rings. The predicted molar refractivity (Wildman–Crippen MR) is 72.8 cm³/mol. The molecule has 0 saturated heterocycles. The van der Waals surface area contributed by atoms with Crippen LogP contribution in [0.25, 0.3) is 11.4 Å². The van der Waals surface area contributed by atoms with Crippen LogP contribution in [-0.4, -0.2) is 34.5 Å². The topological polar surface area (TPSA) is 73.6 Å². The quantitative estimate of drug-likeness (QED) is 0.899. The fourth-order valence-corrected chi connectivity index (χ4v) is 1.79. The number of carboxylic acid groups (broad SMARTS) is 1. The maximum absolute atomic E-state index is 10.6. The van der Waals surface area contributed by atoms with Gasteiger partial charge in [-0.1, -0.05) is 0 Å². The van der Waals surface area contributed by atoms with Crippen molar-refractivity contribution in [3.63, 3.8) is 0 Å². The molecule has 106 valence electrons. The largest absolute Gasteiger partial charge is 0.497 e. The highest BCUT2D eigenvalue weighted by Crippen LogP contribution is 2.23. The van der Waals surface area contributed by atoms with Gasteiger partial charge in [-0.3, -0.25) is 0 Å². The highest BCUT2D eigenvalue weighted by molar-refractivity contribution is 5.68. The van der Waals surface area contributed by atoms with E-state index in [1.165, 1.54) is 4.73 Å². The zero-order chi connectivity index (χ0) is 14.7. The van der Waals surface area contributed by atoms with Crippen molar-refractivity contribution >= 4 is 5.97 Å². The smallest absolute Gasteiger partial charge is 0.344 e. The van der Waals surface area contributed by atoms with Gasteiger partial charge in [-0.25, -0.2) is 9.78 Å². The molecule has 6 nitrogen and oxygen atoms in total. The molecule has 0 atom stereocenters. The highest BCUT2D eigenvalue weighted by Gasteiger charge is 2.15. The van der Waals surface area contributed by atoms with Gasteiger partial charge in [0.25, 0.3) is 0 Å². The Hall–Kier alpha value is -2.50. The number of rotatable bonds is 5. The Balaban J connectivity index is 2.38. The normalized spacial score (nSPS) is 10.3. The predicted octanol–water partition coefficient (Wildman–Crippen LogP) is 1.69. The summed E-state index contributed by atoms with van der Waals surface area (Å²) in [5.41, 5.74) is 2.39. The van der Waals surface area contributed by atoms with Crippen LogP contribution >= 0.6 is 0 Å². The standard InChI is InChI=1S/C14H16N2O4/c1-9-10(2)16(20-8-13(17)18)14(15-9)11-4-6-12(19-3)7-5-11/h4-7H,8H2,1-3H3,(H,17,18). The molecule has 6 heteroatoms. The van der Waals surface area contributed by atoms with E-state index < -0.39 is 12.6 Å². The van der Waals surface area contributed by atoms with E-state index in [9.17, 15) is 4.79 Å². The number of carboxylic acids is 1. The molecule has 2 aromatic rings. The second-order valence-corrected chi connectivity index (χ2v) is 4.30. The number of aromatic nitrogens is 2. The van der Waals surface area contributed by atoms with Crippen molar-refractivity contribution < 1.29 is 19.5 Å². The number of nitrogens with zero attached hydrogens (tertiary/aromatic N) is 2. The first kappa shape index (κ1) is 13.9. The molecule has 1 heterocycles. The number of hydrogen-bond donors (Lipinski definition) is 1. The van der Waals surface area contributed by atoms with Crippen molar-refractivity contribution in [1.82, 2.24) is 9.71 Å². The van der Waals surface area contributed by atoms with Crippen molar-refractivity contribution in [3.05, 3.63) is 35.7 Å². The van der Waals surface area contributed by atoms with E-state index in [1.807, 2.05) is 38.1 Å². The number of benzene rings is 1. The number of aliphatic carboxylic acids is 1. The summed E-state index contributed by atoms with van der Waals surface area (Å²) < 4.78 is 6.56. The van der Waals surface area contributed by atoms with Gasteiger partial charge in [0.05, 0.1) is 18.5 Å². The number of carbonyl (C=O) groups is 1. The van der Waals surface area contributed by atoms with Crippen LogP contribution in [0, 0.1) is 13.8 Å². The third kappa shape index (κ3) is 2.74. The van der Waals surface area contributed by atoms with E-state index >= 15 is 0 Å². The molecule has 0 radical (unpaired) electrons. The highest BCUT2D eigenvalue weighted by atomic mass is 16.7. The van der Waals surface area contributed by atoms with Crippen molar-refractivity contribution in [2.75, 3.05) is 13.7 Å². The molecule has 20 heavy (non-hydrogen) atoms. The van der Waals surface area contributed by atoms with Crippen LogP contribution in [0.1, 0.15) is 11.4 Å². The Morgan fingerprint density at radius 3 is 2.50 bits per heavy atom. The average Bonchev–Trinajstić information content (AvgIpc) is 2.72. The third-order valence-electron chi connectivity index (χ3n) is 2.96. The van der Waals surface area contributed by atoms with E-state index in [2.05, 4.69) is 4.98 Å². The molecule has 0 aliphatic carbocycles. The van der Waals surface area contributed by atoms with Crippen LogP contribution in [0.3, 0.4) is 0 Å². The third-order valence-corrected chi connectivity index (χ3v) is 2.96. The lowest BCUT2D eigenvalue weighted by atomic mass is 10.2. The molecule has 2 rings (SSSR count). The van der Waals surface area contributed by atoms with E-state index in [-0.39, 0.29) is 0 Å². The lowest BCUT2D eigenvalue weighted by molar-refractivity contribution is -0.142. The minimum Gasteiger partial charge on any atom is -0.497 e. The van der Waals surface area contributed by atoms with Gasteiger partial charge in [-0.15, -0.1) is 0 Å². The maximum atomic E-state index is 10.6. The maximum Gasteiger partial charge on any atom is 0.344 e. The molecule has 1 aromatic carbocycles. The summed E-state index contributed by atoms with van der Waals surface area (Å²) in [6, 6.07) is 7.33. The molecule has 1 N–H and O–H groups in total. The molecule has 0 bridgehead atoms. The summed E-state index contributed by atoms with van der Waals surface area (Å²) in [6.07, 6.45) is 0. The van der Waals surface area contributed by atoms with Crippen LogP contribution in [0.2, 0.25) is 0 Å². The number of hydrogen-bond acceptors (Lipinski definition) is 4. The van der Waals surface area contributed by atoms with Crippen molar-refractivity contribution in [2.45, 2.75) is 13.8 Å². The van der Waals surface area contributed by atoms with Gasteiger partial charge >= 0.3 is 5.97 Å². The van der Waals surface area contributed by atoms with Gasteiger partial charge in [0, 0.05) is 5.56 Å². The van der Waals surface area contributed by atoms with Crippen LogP contribution in [0.15, 0.2) is 24.3 Å². The molecule has 0 aliphatic heterocycles. The lowest BCUT2D eigenvalue weighted by Crippen LogP contribution is -2.21. The number of ether oxygens (including phenoxy) is 1. The monoisotopic (exact) mass is 276 g/mol. The van der Waals surface area contributed by atoms with Crippen LogP contribution in [0.5, 0.6) is 5.75 Å². The van der Waals surface area contributed by atoms with Gasteiger partial charge in [-0.05, 0) is 38.1 Å². The summed E-state index contributed by atoms with van der Waals surface area (Å²) in [6.45, 7) is 3.26. The minimum absolute atomic E-state index is 0.417. The van der Waals surface area contributed by atoms with Crippen LogP contribution < -0.4 is 9.57 Å². The summed E-state index contributed by atoms with van der Waals surface area (Å²) in [5.74, 6) is 0.284. The van der Waals surface area contributed by atoms with Crippen molar-refractivity contribution in [1.29, 1.82) is 0 Å². The fraction of sp³-hybridized carbons (Fsp3) is 0.286. The molecular formula is C14H16N2O4. The summed E-state index contributed by atoms with van der Waals surface area (Å²) in [7, 11) is 1.60. The van der Waals surface area contributed by atoms with E-state index in [4.69, 9.17) is 14.7 Å². The Morgan fingerprint density at radius 1 is 1.30 bits per heavy atom. The lowest BCUT2D eigenvalue weighted by Gasteiger charge is -2.10. The van der Waals surface area contributed by atoms with Gasteiger partial charge in [0.15, 0.2) is 5.82 Å². The second kappa shape index (κ2) is 5.64. The van der Waals surface area contributed by atoms with Gasteiger partial charge in [0.1, 0.15) is 5.75 Å². The van der Waals surface area contributed by atoms with Crippen LogP contribution in [-0.2, 0) is 4.79 Å². The van der Waals surface area contributed by atoms with Gasteiger partial charge < -0.3 is 14.7 Å². The first-order chi connectivity index (χ1) is 9.52. The second-order valence-electron chi connectivity index (χ2n) is 4.30. The summed E-state index contributed by atoms with van der Waals surface area (Å²) in [4.78, 5) is 20.3. The molecule has 0 aliphatic rings. The molecule has 0 spiro atoms. The van der Waals surface area contributed by atoms with Gasteiger partial charge in [-0.2, -0.15) is 4.73 Å². The molecule has 0 amide bonds. The van der Waals surface area contributed by atoms with Crippen molar-refractivity contribution in [3.8, 4) is 17.1 Å². The van der Waals surface area contributed by atoms with Gasteiger partial charge in [0.2, 0.25) is 6.61 Å². The zero-order valence-corrected chi connectivity index (χ0v) is 11.6. The Morgan fingerprint density at radius 2 is 1.95 bits per heavy atom. The summed E-state index contributed by atoms with van der Waals surface area (Å²) in [5, 5.41) is 8.73. The fourth-order valence-electron chi connectivity index (χ4n) is 1.79. The Bertz CT molecular complexity index is 617. The average molecular weight is 276 g/mol. The SMILES string of the molecule is COc1ccc(-c2nc(C)c(C)n2OCC(=O)O)cc1. The molecule has 1 aromatic heterocycles. The number of imidazole rings is 1. The van der Waals surface area contributed by atoms with Crippen molar-refractivity contribution in [2.24, 2.45) is 0 Å². The van der Waals surface area contributed by atoms with E-state index in [0.717, 1.165) is 22.7 Å². The Labute approximate surface area is 116 Å². The minimum atomic E-state index is -1.03. The molecular weight excluding hydrogens is 260 g/mol. The first-order valence-electron chi connectivity index (χ1n) is 6.08. The number of methoxy groups -OCH3 is 1. The molecule has 0 saturated carbocycles. The first-order valence-corrected chi connectivity index (χ1v) is 6.08. The van der Waals surface area contributed by atoms with E-state index in [0.29, 0.717) is 5.82 Å². The van der Waals surface area contributed by atoms with E-state index in [1.54, 1.807) is 7.11 Å².